The van der Waals surface area contributed by atoms with Gasteiger partial charge in [-0.15, -0.1) is 11.3 Å². The molecule has 0 bridgehead atoms. The van der Waals surface area contributed by atoms with Crippen LogP contribution in [0.1, 0.15) is 50.3 Å². The summed E-state index contributed by atoms with van der Waals surface area (Å²) in [4.78, 5) is 4.98. The van der Waals surface area contributed by atoms with Crippen LogP contribution in [0.4, 0.5) is 0 Å². The molecule has 0 unspecified atom stereocenters. The Morgan fingerprint density at radius 1 is 1.10 bits per heavy atom. The smallest absolute Gasteiger partial charge is 0.104 e. The van der Waals surface area contributed by atoms with Gasteiger partial charge in [0.2, 0.25) is 0 Å². The Bertz CT molecular complexity index is 441. The zero-order valence-corrected chi connectivity index (χ0v) is 14.7. The fourth-order valence-corrected chi connectivity index (χ4v) is 2.95. The highest BCUT2D eigenvalue weighted by molar-refractivity contribution is 7.12. The summed E-state index contributed by atoms with van der Waals surface area (Å²) in [6, 6.07) is 4.23. The molecule has 118 valence electrons. The quantitative estimate of drug-likeness (QED) is 0.734. The molecule has 0 aromatic carbocycles. The molecular weight excluding hydrogens is 278 g/mol. The van der Waals surface area contributed by atoms with Gasteiger partial charge in [-0.2, -0.15) is 0 Å². The summed E-state index contributed by atoms with van der Waals surface area (Å²) in [6.45, 7) is 12.4. The largest absolute Gasteiger partial charge is 0.384 e. The summed E-state index contributed by atoms with van der Waals surface area (Å²) in [6.07, 6.45) is 2.50. The second kappa shape index (κ2) is 10.00. The predicted octanol–water partition coefficient (Wildman–Crippen LogP) is 3.99. The molecule has 0 aliphatic heterocycles. The van der Waals surface area contributed by atoms with Crippen LogP contribution in [-0.2, 0) is 6.54 Å². The molecule has 1 N–H and O–H groups in total. The highest BCUT2D eigenvalue weighted by Crippen LogP contribution is 2.19. The summed E-state index contributed by atoms with van der Waals surface area (Å²) in [5.74, 6) is 7.20. The van der Waals surface area contributed by atoms with Gasteiger partial charge in [0.15, 0.2) is 0 Å². The van der Waals surface area contributed by atoms with Crippen molar-refractivity contribution in [2.75, 3.05) is 19.7 Å². The van der Waals surface area contributed by atoms with Crippen LogP contribution in [0.5, 0.6) is 0 Å². The Labute approximate surface area is 134 Å². The fourth-order valence-electron chi connectivity index (χ4n) is 2.03. The average molecular weight is 308 g/mol. The lowest BCUT2D eigenvalue weighted by Gasteiger charge is -2.23. The third kappa shape index (κ3) is 8.26. The molecule has 0 aliphatic carbocycles. The van der Waals surface area contributed by atoms with Gasteiger partial charge in [0.1, 0.15) is 6.61 Å². The minimum atomic E-state index is -0.0673. The molecule has 1 heterocycles. The standard InChI is InChI=1S/C18H29NOS/c1-15(2)9-11-19(12-10-16(3)4)14-18-8-7-17(21-18)6-5-13-20/h7-8,15-16,20H,9-14H2,1-4H3. The first-order chi connectivity index (χ1) is 10.0. The molecule has 0 saturated carbocycles. The van der Waals surface area contributed by atoms with Crippen molar-refractivity contribution in [1.82, 2.24) is 4.90 Å². The van der Waals surface area contributed by atoms with Gasteiger partial charge >= 0.3 is 0 Å². The first-order valence-corrected chi connectivity index (χ1v) is 8.73. The number of aliphatic hydroxyl groups excluding tert-OH is 1. The minimum Gasteiger partial charge on any atom is -0.384 e. The van der Waals surface area contributed by atoms with E-state index in [0.29, 0.717) is 0 Å². The second-order valence-corrected chi connectivity index (χ2v) is 7.54. The predicted molar refractivity (Wildman–Crippen MR) is 92.5 cm³/mol. The molecule has 0 radical (unpaired) electrons. The second-order valence-electron chi connectivity index (χ2n) is 6.37. The van der Waals surface area contributed by atoms with Crippen LogP contribution in [0.2, 0.25) is 0 Å². The molecule has 0 amide bonds. The van der Waals surface area contributed by atoms with Gasteiger partial charge < -0.3 is 5.11 Å². The van der Waals surface area contributed by atoms with Crippen molar-refractivity contribution >= 4 is 11.3 Å². The molecule has 1 rings (SSSR count). The molecule has 3 heteroatoms. The lowest BCUT2D eigenvalue weighted by Crippen LogP contribution is -2.27. The minimum absolute atomic E-state index is 0.0673. The first kappa shape index (κ1) is 18.2. The number of rotatable bonds is 8. The Hall–Kier alpha value is -0.820. The molecular formula is C18H29NOS. The molecule has 21 heavy (non-hydrogen) atoms. The summed E-state index contributed by atoms with van der Waals surface area (Å²) < 4.78 is 0. The molecule has 0 spiro atoms. The van der Waals surface area contributed by atoms with Crippen LogP contribution in [0.3, 0.4) is 0 Å². The van der Waals surface area contributed by atoms with Crippen LogP contribution in [0.25, 0.3) is 0 Å². The van der Waals surface area contributed by atoms with Crippen molar-refractivity contribution in [2.24, 2.45) is 11.8 Å². The van der Waals surface area contributed by atoms with Crippen molar-refractivity contribution in [3.63, 3.8) is 0 Å². The van der Waals surface area contributed by atoms with Gasteiger partial charge in [0.05, 0.1) is 4.88 Å². The zero-order chi connectivity index (χ0) is 15.7. The Morgan fingerprint density at radius 3 is 2.24 bits per heavy atom. The number of aliphatic hydroxyl groups is 1. The molecule has 1 aromatic rings. The van der Waals surface area contributed by atoms with E-state index in [4.69, 9.17) is 5.11 Å². The molecule has 0 fully saturated rings. The fraction of sp³-hybridized carbons (Fsp3) is 0.667. The van der Waals surface area contributed by atoms with Crippen LogP contribution >= 0.6 is 11.3 Å². The Balaban J connectivity index is 2.59. The average Bonchev–Trinajstić information content (AvgIpc) is 2.86. The van der Waals surface area contributed by atoms with E-state index in [2.05, 4.69) is 56.6 Å². The molecule has 1 aromatic heterocycles. The van der Waals surface area contributed by atoms with Gasteiger partial charge in [-0.3, -0.25) is 4.90 Å². The van der Waals surface area contributed by atoms with E-state index in [1.165, 1.54) is 30.8 Å². The Morgan fingerprint density at radius 2 is 1.71 bits per heavy atom. The number of nitrogens with zero attached hydrogens (tertiary/aromatic N) is 1. The van der Waals surface area contributed by atoms with E-state index >= 15 is 0 Å². The highest BCUT2D eigenvalue weighted by Gasteiger charge is 2.09. The van der Waals surface area contributed by atoms with E-state index in [1.807, 2.05) is 0 Å². The van der Waals surface area contributed by atoms with Crippen molar-refractivity contribution in [1.29, 1.82) is 0 Å². The SMILES string of the molecule is CC(C)CCN(CCC(C)C)Cc1ccc(C#CCO)s1. The lowest BCUT2D eigenvalue weighted by atomic mass is 10.1. The van der Waals surface area contributed by atoms with E-state index in [-0.39, 0.29) is 6.61 Å². The lowest BCUT2D eigenvalue weighted by molar-refractivity contribution is 0.237. The summed E-state index contributed by atoms with van der Waals surface area (Å²) in [5.41, 5.74) is 0. The maximum absolute atomic E-state index is 8.75. The summed E-state index contributed by atoms with van der Waals surface area (Å²) in [7, 11) is 0. The van der Waals surface area contributed by atoms with Crippen LogP contribution in [-0.4, -0.2) is 29.7 Å². The zero-order valence-electron chi connectivity index (χ0n) is 13.9. The molecule has 0 aliphatic rings. The number of hydrogen-bond donors (Lipinski definition) is 1. The highest BCUT2D eigenvalue weighted by atomic mass is 32.1. The third-order valence-electron chi connectivity index (χ3n) is 3.38. The van der Waals surface area contributed by atoms with Crippen molar-refractivity contribution in [2.45, 2.75) is 47.1 Å². The maximum Gasteiger partial charge on any atom is 0.104 e. The van der Waals surface area contributed by atoms with E-state index in [9.17, 15) is 0 Å². The molecule has 2 nitrogen and oxygen atoms in total. The van der Waals surface area contributed by atoms with E-state index in [0.717, 1.165) is 23.3 Å². The van der Waals surface area contributed by atoms with Crippen molar-refractivity contribution < 1.29 is 5.11 Å². The topological polar surface area (TPSA) is 23.5 Å². The van der Waals surface area contributed by atoms with Crippen LogP contribution in [0, 0.1) is 23.7 Å². The van der Waals surface area contributed by atoms with Gasteiger partial charge in [-0.25, -0.2) is 0 Å². The van der Waals surface area contributed by atoms with Gasteiger partial charge in [-0.05, 0) is 49.9 Å². The molecule has 0 atom stereocenters. The monoisotopic (exact) mass is 307 g/mol. The van der Waals surface area contributed by atoms with Crippen LogP contribution < -0.4 is 0 Å². The van der Waals surface area contributed by atoms with Crippen molar-refractivity contribution in [3.8, 4) is 11.8 Å². The number of thiophene rings is 1. The molecule has 0 saturated heterocycles. The van der Waals surface area contributed by atoms with Crippen molar-refractivity contribution in [3.05, 3.63) is 21.9 Å². The third-order valence-corrected chi connectivity index (χ3v) is 4.36. The summed E-state index contributed by atoms with van der Waals surface area (Å²) >= 11 is 1.74. The van der Waals surface area contributed by atoms with Gasteiger partial charge in [0, 0.05) is 11.4 Å². The summed E-state index contributed by atoms with van der Waals surface area (Å²) in [5, 5.41) is 8.75. The van der Waals surface area contributed by atoms with Gasteiger partial charge in [0.25, 0.3) is 0 Å². The maximum atomic E-state index is 8.75. The van der Waals surface area contributed by atoms with E-state index in [1.54, 1.807) is 11.3 Å². The van der Waals surface area contributed by atoms with E-state index < -0.39 is 0 Å². The normalized spacial score (nSPS) is 11.2. The number of hydrogen-bond acceptors (Lipinski definition) is 3. The Kier molecular flexibility index (Phi) is 8.68. The van der Waals surface area contributed by atoms with Gasteiger partial charge in [-0.1, -0.05) is 39.5 Å². The first-order valence-electron chi connectivity index (χ1n) is 7.92. The van der Waals surface area contributed by atoms with Crippen LogP contribution in [0.15, 0.2) is 12.1 Å².